The minimum atomic E-state index is -0.392. The average molecular weight is 326 g/mol. The Morgan fingerprint density at radius 3 is 2.77 bits per heavy atom. The van der Waals surface area contributed by atoms with Gasteiger partial charge in [0.15, 0.2) is 5.69 Å². The number of hydrogen-bond donors (Lipinski definition) is 1. The van der Waals surface area contributed by atoms with Gasteiger partial charge in [0.05, 0.1) is 17.3 Å². The summed E-state index contributed by atoms with van der Waals surface area (Å²) in [6.45, 7) is 4.10. The summed E-state index contributed by atoms with van der Waals surface area (Å²) in [5, 5.41) is 7.34. The number of amides is 1. The number of rotatable bonds is 6. The van der Waals surface area contributed by atoms with E-state index in [1.807, 2.05) is 19.1 Å². The molecule has 2 heterocycles. The number of nitrogens with zero attached hydrogens (tertiary/aromatic N) is 2. The second-order valence-electron chi connectivity index (χ2n) is 5.01. The zero-order valence-corrected chi connectivity index (χ0v) is 13.9. The molecular weight excluding hydrogens is 306 g/mol. The number of furan rings is 1. The Balaban J connectivity index is 2.19. The minimum Gasteiger partial charge on any atom is -0.464 e. The molecule has 0 aliphatic rings. The van der Waals surface area contributed by atoms with Gasteiger partial charge in [-0.05, 0) is 19.1 Å². The van der Waals surface area contributed by atoms with Gasteiger partial charge in [0.2, 0.25) is 0 Å². The summed E-state index contributed by atoms with van der Waals surface area (Å²) in [6, 6.07) is 3.34. The maximum Gasteiger partial charge on any atom is 0.274 e. The molecule has 2 aromatic heterocycles. The van der Waals surface area contributed by atoms with Crippen molar-refractivity contribution in [3.8, 4) is 0 Å². The highest BCUT2D eigenvalue weighted by Gasteiger charge is 2.23. The fourth-order valence-electron chi connectivity index (χ4n) is 2.09. The second kappa shape index (κ2) is 6.98. The first-order chi connectivity index (χ1) is 10.5. The van der Waals surface area contributed by atoms with E-state index in [2.05, 4.69) is 10.4 Å². The number of ether oxygens (including phenoxy) is 1. The Kier molecular flexibility index (Phi) is 5.26. The lowest BCUT2D eigenvalue weighted by Gasteiger charge is -2.15. The molecule has 0 aliphatic heterocycles. The largest absolute Gasteiger partial charge is 0.464 e. The molecule has 0 spiro atoms. The molecule has 1 unspecified atom stereocenters. The molecule has 0 aliphatic carbocycles. The molecule has 1 amide bonds. The first kappa shape index (κ1) is 16.6. The number of nitrogens with one attached hydrogen (secondary N) is 1. The SMILES string of the molecule is CCc1ccc(C(COC)NC(=O)c2nn(C)c(C)c2Cl)o1. The lowest BCUT2D eigenvalue weighted by Crippen LogP contribution is -2.31. The third-order valence-corrected chi connectivity index (χ3v) is 3.94. The lowest BCUT2D eigenvalue weighted by molar-refractivity contribution is 0.0876. The van der Waals surface area contributed by atoms with Gasteiger partial charge in [-0.25, -0.2) is 0 Å². The van der Waals surface area contributed by atoms with Crippen LogP contribution in [0.2, 0.25) is 5.02 Å². The van der Waals surface area contributed by atoms with Crippen molar-refractivity contribution in [2.45, 2.75) is 26.3 Å². The van der Waals surface area contributed by atoms with Gasteiger partial charge in [-0.1, -0.05) is 18.5 Å². The minimum absolute atomic E-state index is 0.199. The molecule has 7 heteroatoms. The summed E-state index contributed by atoms with van der Waals surface area (Å²) in [4.78, 5) is 12.4. The summed E-state index contributed by atoms with van der Waals surface area (Å²) in [7, 11) is 3.31. The van der Waals surface area contributed by atoms with Crippen LogP contribution < -0.4 is 5.32 Å². The van der Waals surface area contributed by atoms with Crippen molar-refractivity contribution < 1.29 is 13.9 Å². The Bertz CT molecular complexity index is 663. The smallest absolute Gasteiger partial charge is 0.274 e. The van der Waals surface area contributed by atoms with Crippen molar-refractivity contribution in [2.24, 2.45) is 7.05 Å². The number of carbonyl (C=O) groups excluding carboxylic acids is 1. The van der Waals surface area contributed by atoms with Crippen molar-refractivity contribution in [3.05, 3.63) is 40.1 Å². The van der Waals surface area contributed by atoms with Gasteiger partial charge in [-0.3, -0.25) is 9.48 Å². The Hall–Kier alpha value is -1.79. The molecule has 2 aromatic rings. The van der Waals surface area contributed by atoms with Crippen LogP contribution in [0.3, 0.4) is 0 Å². The fourth-order valence-corrected chi connectivity index (χ4v) is 2.33. The first-order valence-electron chi connectivity index (χ1n) is 7.05. The molecule has 0 saturated carbocycles. The van der Waals surface area contributed by atoms with Crippen LogP contribution in [0, 0.1) is 6.92 Å². The molecule has 1 N–H and O–H groups in total. The molecule has 6 nitrogen and oxygen atoms in total. The number of aromatic nitrogens is 2. The quantitative estimate of drug-likeness (QED) is 0.886. The average Bonchev–Trinajstić information content (AvgIpc) is 3.07. The standard InChI is InChI=1S/C15H20ClN3O3/c1-5-10-6-7-12(22-10)11(8-21-4)17-15(20)14-13(16)9(2)19(3)18-14/h6-7,11H,5,8H2,1-4H3,(H,17,20). The van der Waals surface area contributed by atoms with E-state index >= 15 is 0 Å². The molecular formula is C15H20ClN3O3. The molecule has 2 rings (SSSR count). The number of hydrogen-bond acceptors (Lipinski definition) is 4. The van der Waals surface area contributed by atoms with E-state index in [0.29, 0.717) is 17.4 Å². The Morgan fingerprint density at radius 2 is 2.27 bits per heavy atom. The van der Waals surface area contributed by atoms with E-state index in [1.54, 1.807) is 25.8 Å². The van der Waals surface area contributed by atoms with Gasteiger partial charge >= 0.3 is 0 Å². The van der Waals surface area contributed by atoms with Gasteiger partial charge in [-0.15, -0.1) is 0 Å². The highest BCUT2D eigenvalue weighted by molar-refractivity contribution is 6.34. The van der Waals surface area contributed by atoms with Crippen molar-refractivity contribution in [1.29, 1.82) is 0 Å². The summed E-state index contributed by atoms with van der Waals surface area (Å²) in [5.41, 5.74) is 0.936. The summed E-state index contributed by atoms with van der Waals surface area (Å²) in [5.74, 6) is 1.15. The van der Waals surface area contributed by atoms with Gasteiger partial charge in [0, 0.05) is 20.6 Å². The van der Waals surface area contributed by atoms with Crippen LogP contribution in [0.5, 0.6) is 0 Å². The zero-order valence-electron chi connectivity index (χ0n) is 13.1. The van der Waals surface area contributed by atoms with Crippen molar-refractivity contribution in [1.82, 2.24) is 15.1 Å². The van der Waals surface area contributed by atoms with E-state index in [-0.39, 0.29) is 11.6 Å². The van der Waals surface area contributed by atoms with E-state index in [0.717, 1.165) is 17.9 Å². The van der Waals surface area contributed by atoms with E-state index in [4.69, 9.17) is 20.8 Å². The Morgan fingerprint density at radius 1 is 1.55 bits per heavy atom. The van der Waals surface area contributed by atoms with Crippen LogP contribution in [-0.2, 0) is 18.2 Å². The van der Waals surface area contributed by atoms with E-state index in [1.165, 1.54) is 0 Å². The predicted octanol–water partition coefficient (Wildman–Crippen LogP) is 2.65. The van der Waals surface area contributed by atoms with Crippen LogP contribution in [0.25, 0.3) is 0 Å². The molecule has 120 valence electrons. The second-order valence-corrected chi connectivity index (χ2v) is 5.39. The first-order valence-corrected chi connectivity index (χ1v) is 7.43. The zero-order chi connectivity index (χ0) is 16.3. The third kappa shape index (κ3) is 3.34. The highest BCUT2D eigenvalue weighted by atomic mass is 35.5. The molecule has 0 fully saturated rings. The van der Waals surface area contributed by atoms with Crippen molar-refractivity contribution in [2.75, 3.05) is 13.7 Å². The van der Waals surface area contributed by atoms with Crippen molar-refractivity contribution >= 4 is 17.5 Å². The molecule has 0 bridgehead atoms. The highest BCUT2D eigenvalue weighted by Crippen LogP contribution is 2.22. The van der Waals surface area contributed by atoms with Crippen LogP contribution in [0.15, 0.2) is 16.5 Å². The molecule has 0 radical (unpaired) electrons. The summed E-state index contributed by atoms with van der Waals surface area (Å²) < 4.78 is 12.4. The van der Waals surface area contributed by atoms with Crippen LogP contribution in [-0.4, -0.2) is 29.4 Å². The third-order valence-electron chi connectivity index (χ3n) is 3.49. The maximum absolute atomic E-state index is 12.4. The van der Waals surface area contributed by atoms with Gasteiger partial charge in [-0.2, -0.15) is 5.10 Å². The van der Waals surface area contributed by atoms with E-state index in [9.17, 15) is 4.79 Å². The van der Waals surface area contributed by atoms with Crippen LogP contribution in [0.4, 0.5) is 0 Å². The van der Waals surface area contributed by atoms with Crippen LogP contribution >= 0.6 is 11.6 Å². The number of methoxy groups -OCH3 is 1. The number of halogens is 1. The van der Waals surface area contributed by atoms with Gasteiger partial charge in [0.25, 0.3) is 5.91 Å². The predicted molar refractivity (Wildman–Crippen MR) is 83.1 cm³/mol. The monoisotopic (exact) mass is 325 g/mol. The maximum atomic E-state index is 12.4. The fraction of sp³-hybridized carbons (Fsp3) is 0.467. The normalized spacial score (nSPS) is 12.4. The molecule has 1 atom stereocenters. The molecule has 22 heavy (non-hydrogen) atoms. The van der Waals surface area contributed by atoms with Crippen LogP contribution in [0.1, 0.15) is 40.7 Å². The van der Waals surface area contributed by atoms with Gasteiger partial charge < -0.3 is 14.5 Å². The summed E-state index contributed by atoms with van der Waals surface area (Å²) in [6.07, 6.45) is 0.791. The molecule has 0 aromatic carbocycles. The molecule has 0 saturated heterocycles. The summed E-state index contributed by atoms with van der Waals surface area (Å²) >= 11 is 6.14. The van der Waals surface area contributed by atoms with Gasteiger partial charge in [0.1, 0.15) is 17.6 Å². The lowest BCUT2D eigenvalue weighted by atomic mass is 10.2. The van der Waals surface area contributed by atoms with Crippen molar-refractivity contribution in [3.63, 3.8) is 0 Å². The number of aryl methyl sites for hydroxylation is 2. The topological polar surface area (TPSA) is 69.3 Å². The Labute approximate surface area is 134 Å². The number of carbonyl (C=O) groups is 1. The van der Waals surface area contributed by atoms with E-state index < -0.39 is 6.04 Å².